The third-order valence-electron chi connectivity index (χ3n) is 5.30. The van der Waals surface area contributed by atoms with Gasteiger partial charge in [-0.3, -0.25) is 0 Å². The Hall–Kier alpha value is -3.87. The van der Waals surface area contributed by atoms with Crippen LogP contribution in [0.15, 0.2) is 36.5 Å². The van der Waals surface area contributed by atoms with E-state index in [1.54, 1.807) is 28.9 Å². The molecule has 1 aliphatic carbocycles. The van der Waals surface area contributed by atoms with Gasteiger partial charge in [0, 0.05) is 30.0 Å². The standard InChI is InChI=1S/C23H28N8O2/c1-23(2,3)33-22(32)28-18-10-8-17(9-11-18)27-21-25-13-12-19-29-20(30-31(19)21)26-16-6-4-15(14-24)5-7-16/h4-7,12-13,17-18H,8-11H2,1-3H3,(H,25,27)(H,26,30)(H,28,32). The van der Waals surface area contributed by atoms with Crippen LogP contribution in [-0.2, 0) is 4.74 Å². The first-order valence-electron chi connectivity index (χ1n) is 11.0. The highest BCUT2D eigenvalue weighted by atomic mass is 16.6. The maximum absolute atomic E-state index is 12.0. The Morgan fingerprint density at radius 2 is 1.82 bits per heavy atom. The summed E-state index contributed by atoms with van der Waals surface area (Å²) in [5.74, 6) is 1.07. The minimum absolute atomic E-state index is 0.108. The van der Waals surface area contributed by atoms with Gasteiger partial charge in [0.1, 0.15) is 5.60 Å². The average Bonchev–Trinajstić information content (AvgIpc) is 3.18. The summed E-state index contributed by atoms with van der Waals surface area (Å²) in [5, 5.41) is 23.1. The maximum atomic E-state index is 12.0. The largest absolute Gasteiger partial charge is 0.444 e. The molecule has 3 N–H and O–H groups in total. The van der Waals surface area contributed by atoms with E-state index < -0.39 is 5.60 Å². The highest BCUT2D eigenvalue weighted by molar-refractivity contribution is 5.68. The van der Waals surface area contributed by atoms with E-state index in [1.165, 1.54) is 0 Å². The molecule has 1 aromatic carbocycles. The van der Waals surface area contributed by atoms with Crippen LogP contribution in [0.25, 0.3) is 5.65 Å². The third kappa shape index (κ3) is 5.88. The molecule has 1 amide bonds. The number of carbonyl (C=O) groups is 1. The molecule has 1 fully saturated rings. The van der Waals surface area contributed by atoms with Crippen LogP contribution in [0.2, 0.25) is 0 Å². The number of nitriles is 1. The van der Waals surface area contributed by atoms with Gasteiger partial charge in [0.05, 0.1) is 11.6 Å². The molecule has 10 heteroatoms. The van der Waals surface area contributed by atoms with Gasteiger partial charge in [0.25, 0.3) is 0 Å². The lowest BCUT2D eigenvalue weighted by atomic mass is 9.91. The van der Waals surface area contributed by atoms with Crippen molar-refractivity contribution in [2.75, 3.05) is 10.6 Å². The molecule has 33 heavy (non-hydrogen) atoms. The van der Waals surface area contributed by atoms with Gasteiger partial charge >= 0.3 is 6.09 Å². The van der Waals surface area contributed by atoms with Crippen molar-refractivity contribution in [3.05, 3.63) is 42.1 Å². The Kier molecular flexibility index (Phi) is 6.31. The van der Waals surface area contributed by atoms with Gasteiger partial charge in [-0.1, -0.05) is 0 Å². The van der Waals surface area contributed by atoms with Crippen molar-refractivity contribution in [1.82, 2.24) is 24.9 Å². The molecule has 0 saturated heterocycles. The van der Waals surface area contributed by atoms with Crippen LogP contribution in [0, 0.1) is 11.3 Å². The topological polar surface area (TPSA) is 129 Å². The fourth-order valence-corrected chi connectivity index (χ4v) is 3.76. The zero-order valence-electron chi connectivity index (χ0n) is 19.0. The second-order valence-corrected chi connectivity index (χ2v) is 9.13. The second-order valence-electron chi connectivity index (χ2n) is 9.13. The first-order valence-corrected chi connectivity index (χ1v) is 11.0. The summed E-state index contributed by atoms with van der Waals surface area (Å²) in [5.41, 5.74) is 1.56. The zero-order valence-corrected chi connectivity index (χ0v) is 19.0. The number of aromatic nitrogens is 4. The molecule has 0 unspecified atom stereocenters. The zero-order chi connectivity index (χ0) is 23.4. The molecule has 2 heterocycles. The highest BCUT2D eigenvalue weighted by Crippen LogP contribution is 2.23. The SMILES string of the molecule is CC(C)(C)OC(=O)NC1CCC(Nc2nccc3nc(Nc4ccc(C#N)cc4)nn23)CC1. The van der Waals surface area contributed by atoms with E-state index in [4.69, 9.17) is 10.00 Å². The Morgan fingerprint density at radius 3 is 2.48 bits per heavy atom. The fraction of sp³-hybridized carbons (Fsp3) is 0.435. The number of benzene rings is 1. The number of ether oxygens (including phenoxy) is 1. The minimum atomic E-state index is -0.501. The number of alkyl carbamates (subject to hydrolysis) is 1. The smallest absolute Gasteiger partial charge is 0.407 e. The Morgan fingerprint density at radius 1 is 1.12 bits per heavy atom. The van der Waals surface area contributed by atoms with E-state index in [1.807, 2.05) is 32.9 Å². The Labute approximate surface area is 192 Å². The van der Waals surface area contributed by atoms with Gasteiger partial charge in [0.15, 0.2) is 5.65 Å². The van der Waals surface area contributed by atoms with Crippen molar-refractivity contribution >= 4 is 29.3 Å². The molecule has 0 spiro atoms. The van der Waals surface area contributed by atoms with Crippen molar-refractivity contribution < 1.29 is 9.53 Å². The summed E-state index contributed by atoms with van der Waals surface area (Å²) in [6.07, 6.45) is 4.84. The summed E-state index contributed by atoms with van der Waals surface area (Å²) >= 11 is 0. The number of amides is 1. The Bertz CT molecular complexity index is 1150. The number of hydrogen-bond donors (Lipinski definition) is 3. The number of rotatable bonds is 5. The van der Waals surface area contributed by atoms with Gasteiger partial charge in [-0.2, -0.15) is 14.8 Å². The predicted molar refractivity (Wildman–Crippen MR) is 124 cm³/mol. The molecule has 0 aliphatic heterocycles. The summed E-state index contributed by atoms with van der Waals surface area (Å²) < 4.78 is 7.03. The maximum Gasteiger partial charge on any atom is 0.407 e. The quantitative estimate of drug-likeness (QED) is 0.534. The summed E-state index contributed by atoms with van der Waals surface area (Å²) in [6, 6.07) is 11.3. The summed E-state index contributed by atoms with van der Waals surface area (Å²) in [4.78, 5) is 21.0. The molecule has 1 aliphatic rings. The molecule has 0 atom stereocenters. The fourth-order valence-electron chi connectivity index (χ4n) is 3.76. The lowest BCUT2D eigenvalue weighted by Crippen LogP contribution is -2.42. The number of nitrogens with one attached hydrogen (secondary N) is 3. The molecule has 2 aromatic heterocycles. The average molecular weight is 449 g/mol. The summed E-state index contributed by atoms with van der Waals surface area (Å²) in [6.45, 7) is 5.57. The lowest BCUT2D eigenvalue weighted by Gasteiger charge is -2.30. The van der Waals surface area contributed by atoms with Gasteiger partial charge in [-0.05, 0) is 70.7 Å². The van der Waals surface area contributed by atoms with Gasteiger partial charge in [0.2, 0.25) is 11.9 Å². The molecule has 1 saturated carbocycles. The van der Waals surface area contributed by atoms with Gasteiger partial charge in [-0.25, -0.2) is 9.78 Å². The van der Waals surface area contributed by atoms with Crippen molar-refractivity contribution in [3.8, 4) is 6.07 Å². The number of carbonyl (C=O) groups excluding carboxylic acids is 1. The van der Waals surface area contributed by atoms with Crippen LogP contribution in [0.3, 0.4) is 0 Å². The van der Waals surface area contributed by atoms with Crippen LogP contribution in [-0.4, -0.2) is 43.4 Å². The Balaban J connectivity index is 1.36. The number of anilines is 3. The normalized spacial score (nSPS) is 18.4. The van der Waals surface area contributed by atoms with Crippen molar-refractivity contribution in [1.29, 1.82) is 5.26 Å². The molecular formula is C23H28N8O2. The molecule has 4 rings (SSSR count). The van der Waals surface area contributed by atoms with Crippen molar-refractivity contribution in [2.45, 2.75) is 64.1 Å². The number of hydrogen-bond acceptors (Lipinski definition) is 8. The monoisotopic (exact) mass is 448 g/mol. The van der Waals surface area contributed by atoms with E-state index in [-0.39, 0.29) is 18.2 Å². The molecule has 10 nitrogen and oxygen atoms in total. The van der Waals surface area contributed by atoms with Gasteiger partial charge < -0.3 is 20.7 Å². The third-order valence-corrected chi connectivity index (χ3v) is 5.30. The van der Waals surface area contributed by atoms with Crippen LogP contribution >= 0.6 is 0 Å². The minimum Gasteiger partial charge on any atom is -0.444 e. The van der Waals surface area contributed by atoms with Crippen molar-refractivity contribution in [2.24, 2.45) is 0 Å². The van der Waals surface area contributed by atoms with E-state index in [0.29, 0.717) is 23.1 Å². The second kappa shape index (κ2) is 9.32. The van der Waals surface area contributed by atoms with E-state index in [9.17, 15) is 4.79 Å². The van der Waals surface area contributed by atoms with Crippen LogP contribution in [0.5, 0.6) is 0 Å². The number of fused-ring (bicyclic) bond motifs is 1. The molecule has 0 radical (unpaired) electrons. The summed E-state index contributed by atoms with van der Waals surface area (Å²) in [7, 11) is 0. The van der Waals surface area contributed by atoms with Gasteiger partial charge in [-0.15, -0.1) is 5.10 Å². The van der Waals surface area contributed by atoms with E-state index in [2.05, 4.69) is 37.1 Å². The highest BCUT2D eigenvalue weighted by Gasteiger charge is 2.25. The number of nitrogens with zero attached hydrogens (tertiary/aromatic N) is 5. The first kappa shape index (κ1) is 22.3. The molecule has 172 valence electrons. The first-order chi connectivity index (χ1) is 15.8. The molecular weight excluding hydrogens is 420 g/mol. The van der Waals surface area contributed by atoms with Crippen LogP contribution in [0.1, 0.15) is 52.0 Å². The predicted octanol–water partition coefficient (Wildman–Crippen LogP) is 3.99. The van der Waals surface area contributed by atoms with Crippen LogP contribution < -0.4 is 16.0 Å². The molecule has 3 aromatic rings. The van der Waals surface area contributed by atoms with E-state index >= 15 is 0 Å². The lowest BCUT2D eigenvalue weighted by molar-refractivity contribution is 0.0492. The molecule has 0 bridgehead atoms. The van der Waals surface area contributed by atoms with Crippen LogP contribution in [0.4, 0.5) is 22.4 Å². The van der Waals surface area contributed by atoms with E-state index in [0.717, 1.165) is 31.4 Å². The van der Waals surface area contributed by atoms with Crippen molar-refractivity contribution in [3.63, 3.8) is 0 Å².